The summed E-state index contributed by atoms with van der Waals surface area (Å²) in [7, 11) is 0. The Labute approximate surface area is 103 Å². The van der Waals surface area contributed by atoms with Crippen molar-refractivity contribution in [3.8, 4) is 0 Å². The Balaban J connectivity index is 1.83. The minimum atomic E-state index is 0.726. The highest BCUT2D eigenvalue weighted by Gasteiger charge is 2.21. The minimum Gasteiger partial charge on any atom is -0.387 e. The van der Waals surface area contributed by atoms with Crippen LogP contribution in [0.3, 0.4) is 0 Å². The summed E-state index contributed by atoms with van der Waals surface area (Å²) >= 11 is 0. The van der Waals surface area contributed by atoms with E-state index in [4.69, 9.17) is 0 Å². The molecule has 0 fully saturated rings. The van der Waals surface area contributed by atoms with Crippen molar-refractivity contribution in [1.29, 1.82) is 0 Å². The van der Waals surface area contributed by atoms with Crippen LogP contribution in [0.1, 0.15) is 23.1 Å². The molecule has 1 unspecified atom stereocenters. The number of benzene rings is 1. The van der Waals surface area contributed by atoms with Crippen molar-refractivity contribution in [2.45, 2.75) is 26.2 Å². The Hall–Kier alpha value is -1.50. The quantitative estimate of drug-likeness (QED) is 0.774. The van der Waals surface area contributed by atoms with E-state index in [1.165, 1.54) is 30.4 Å². The Bertz CT molecular complexity index is 482. The Morgan fingerprint density at radius 1 is 1.24 bits per heavy atom. The van der Waals surface area contributed by atoms with Crippen molar-refractivity contribution in [1.82, 2.24) is 5.32 Å². The molecule has 0 aromatic heterocycles. The van der Waals surface area contributed by atoms with E-state index in [0.29, 0.717) is 0 Å². The van der Waals surface area contributed by atoms with Crippen LogP contribution in [0.2, 0.25) is 0 Å². The van der Waals surface area contributed by atoms with E-state index in [1.807, 2.05) is 0 Å². The van der Waals surface area contributed by atoms with Gasteiger partial charge in [-0.15, -0.1) is 0 Å². The van der Waals surface area contributed by atoms with Crippen LogP contribution in [0.25, 0.3) is 0 Å². The smallest absolute Gasteiger partial charge is 0.0331 e. The monoisotopic (exact) mass is 225 g/mol. The van der Waals surface area contributed by atoms with Crippen molar-refractivity contribution < 1.29 is 0 Å². The normalized spacial score (nSPS) is 22.6. The molecule has 0 saturated heterocycles. The molecule has 0 radical (unpaired) electrons. The fourth-order valence-corrected chi connectivity index (χ4v) is 2.94. The third-order valence-electron chi connectivity index (χ3n) is 3.91. The summed E-state index contributed by atoms with van der Waals surface area (Å²) in [4.78, 5) is 0. The van der Waals surface area contributed by atoms with E-state index >= 15 is 0 Å². The van der Waals surface area contributed by atoms with Gasteiger partial charge in [-0.05, 0) is 61.1 Å². The lowest BCUT2D eigenvalue weighted by molar-refractivity contribution is 0.531. The van der Waals surface area contributed by atoms with Crippen LogP contribution in [0, 0.1) is 12.8 Å². The summed E-state index contributed by atoms with van der Waals surface area (Å²) in [5, 5.41) is 3.22. The molecule has 1 aromatic rings. The predicted octanol–water partition coefficient (Wildman–Crippen LogP) is 3.14. The zero-order chi connectivity index (χ0) is 11.7. The van der Waals surface area contributed by atoms with Crippen LogP contribution in [0.15, 0.2) is 42.1 Å². The zero-order valence-corrected chi connectivity index (χ0v) is 10.4. The van der Waals surface area contributed by atoms with Gasteiger partial charge in [0.1, 0.15) is 0 Å². The molecule has 1 N–H and O–H groups in total. The number of rotatable bonds is 1. The van der Waals surface area contributed by atoms with Crippen molar-refractivity contribution >= 4 is 0 Å². The van der Waals surface area contributed by atoms with Gasteiger partial charge in [-0.2, -0.15) is 0 Å². The number of aryl methyl sites for hydroxylation is 2. The first-order chi connectivity index (χ1) is 8.33. The minimum absolute atomic E-state index is 0.726. The molecule has 0 saturated carbocycles. The fraction of sp³-hybridized carbons (Fsp3) is 0.375. The first-order valence-corrected chi connectivity index (χ1v) is 6.51. The molecule has 0 bridgehead atoms. The molecule has 0 spiro atoms. The summed E-state index contributed by atoms with van der Waals surface area (Å²) < 4.78 is 0. The molecule has 1 aliphatic heterocycles. The zero-order valence-electron chi connectivity index (χ0n) is 10.4. The van der Waals surface area contributed by atoms with Crippen LogP contribution in [-0.4, -0.2) is 6.54 Å². The maximum atomic E-state index is 3.22. The van der Waals surface area contributed by atoms with Gasteiger partial charge in [0.2, 0.25) is 0 Å². The number of fused-ring (bicyclic) bond motifs is 1. The Morgan fingerprint density at radius 3 is 3.00 bits per heavy atom. The predicted molar refractivity (Wildman–Crippen MR) is 71.9 cm³/mol. The Morgan fingerprint density at radius 2 is 2.18 bits per heavy atom. The third kappa shape index (κ3) is 2.14. The van der Waals surface area contributed by atoms with Crippen molar-refractivity contribution in [3.05, 3.63) is 58.8 Å². The van der Waals surface area contributed by atoms with E-state index in [1.54, 1.807) is 11.1 Å². The van der Waals surface area contributed by atoms with E-state index in [0.717, 1.165) is 12.5 Å². The number of hydrogen-bond acceptors (Lipinski definition) is 1. The van der Waals surface area contributed by atoms with Gasteiger partial charge in [0.25, 0.3) is 0 Å². The molecule has 2 aliphatic rings. The third-order valence-corrected chi connectivity index (χ3v) is 3.91. The molecule has 17 heavy (non-hydrogen) atoms. The molecule has 1 aromatic carbocycles. The second-order valence-corrected chi connectivity index (χ2v) is 5.16. The topological polar surface area (TPSA) is 12.0 Å². The average Bonchev–Trinajstić information content (AvgIpc) is 2.39. The maximum Gasteiger partial charge on any atom is 0.0331 e. The van der Waals surface area contributed by atoms with Crippen LogP contribution >= 0.6 is 0 Å². The summed E-state index contributed by atoms with van der Waals surface area (Å²) in [6.45, 7) is 3.17. The number of nitrogens with one attached hydrogen (secondary N) is 1. The average molecular weight is 225 g/mol. The van der Waals surface area contributed by atoms with E-state index in [9.17, 15) is 0 Å². The van der Waals surface area contributed by atoms with Gasteiger partial charge in [-0.25, -0.2) is 0 Å². The molecule has 1 nitrogen and oxygen atoms in total. The van der Waals surface area contributed by atoms with Gasteiger partial charge in [-0.3, -0.25) is 0 Å². The standard InChI is InChI=1S/C16H19N/c1-12-2-3-16-11-15(5-4-14(16)10-12)13-6-8-17-9-7-13/h2-3,6-8,10,15,17H,4-5,9,11H2,1H3. The summed E-state index contributed by atoms with van der Waals surface area (Å²) in [6.07, 6.45) is 10.4. The SMILES string of the molecule is Cc1ccc2c(c1)CCC(C1=CCNC=C1)C2. The second-order valence-electron chi connectivity index (χ2n) is 5.16. The highest BCUT2D eigenvalue weighted by Crippen LogP contribution is 2.31. The van der Waals surface area contributed by atoms with Crippen LogP contribution < -0.4 is 5.32 Å². The van der Waals surface area contributed by atoms with Gasteiger partial charge >= 0.3 is 0 Å². The van der Waals surface area contributed by atoms with E-state index in [2.05, 4.69) is 48.8 Å². The number of allylic oxidation sites excluding steroid dienone is 2. The maximum absolute atomic E-state index is 3.22. The molecular weight excluding hydrogens is 206 g/mol. The number of hydrogen-bond donors (Lipinski definition) is 1. The highest BCUT2D eigenvalue weighted by molar-refractivity contribution is 5.37. The van der Waals surface area contributed by atoms with E-state index in [-0.39, 0.29) is 0 Å². The van der Waals surface area contributed by atoms with Crippen LogP contribution in [-0.2, 0) is 12.8 Å². The van der Waals surface area contributed by atoms with Crippen molar-refractivity contribution in [2.24, 2.45) is 5.92 Å². The lowest BCUT2D eigenvalue weighted by Gasteiger charge is -2.27. The van der Waals surface area contributed by atoms with Gasteiger partial charge in [0, 0.05) is 6.54 Å². The molecule has 1 aliphatic carbocycles. The molecule has 88 valence electrons. The first-order valence-electron chi connectivity index (χ1n) is 6.51. The van der Waals surface area contributed by atoms with E-state index < -0.39 is 0 Å². The van der Waals surface area contributed by atoms with Crippen molar-refractivity contribution in [2.75, 3.05) is 6.54 Å². The molecular formula is C16H19N. The molecule has 3 rings (SSSR count). The van der Waals surface area contributed by atoms with Crippen LogP contribution in [0.4, 0.5) is 0 Å². The van der Waals surface area contributed by atoms with Gasteiger partial charge < -0.3 is 5.32 Å². The fourth-order valence-electron chi connectivity index (χ4n) is 2.94. The highest BCUT2D eigenvalue weighted by atomic mass is 14.8. The second kappa shape index (κ2) is 4.40. The van der Waals surface area contributed by atoms with Gasteiger partial charge in [0.15, 0.2) is 0 Å². The molecule has 1 atom stereocenters. The number of dihydropyridines is 1. The molecule has 1 heterocycles. The first kappa shape index (κ1) is 10.6. The van der Waals surface area contributed by atoms with Crippen LogP contribution in [0.5, 0.6) is 0 Å². The molecule has 0 amide bonds. The largest absolute Gasteiger partial charge is 0.387 e. The lowest BCUT2D eigenvalue weighted by Crippen LogP contribution is -2.19. The summed E-state index contributed by atoms with van der Waals surface area (Å²) in [6, 6.07) is 6.92. The lowest BCUT2D eigenvalue weighted by atomic mass is 9.79. The van der Waals surface area contributed by atoms with Gasteiger partial charge in [-0.1, -0.05) is 29.8 Å². The molecule has 1 heteroatoms. The van der Waals surface area contributed by atoms with Crippen molar-refractivity contribution in [3.63, 3.8) is 0 Å². The summed E-state index contributed by atoms with van der Waals surface area (Å²) in [5.41, 5.74) is 6.04. The summed E-state index contributed by atoms with van der Waals surface area (Å²) in [5.74, 6) is 0.726. The van der Waals surface area contributed by atoms with Gasteiger partial charge in [0.05, 0.1) is 0 Å². The Kier molecular flexibility index (Phi) is 2.76.